The predicted molar refractivity (Wildman–Crippen MR) is 20.0 cm³/mol. The van der Waals surface area contributed by atoms with Gasteiger partial charge in [0, 0.05) is 24.4 Å². The van der Waals surface area contributed by atoms with E-state index >= 15 is 0 Å². The average molecular weight is 220 g/mol. The summed E-state index contributed by atoms with van der Waals surface area (Å²) in [6, 6.07) is 0. The Kier molecular flexibility index (Phi) is 5.01. The summed E-state index contributed by atoms with van der Waals surface area (Å²) in [6.45, 7) is 0. The largest absolute Gasteiger partial charge is 0.466 e. The van der Waals surface area contributed by atoms with Crippen molar-refractivity contribution in [3.8, 4) is 0 Å². The van der Waals surface area contributed by atoms with Crippen molar-refractivity contribution < 1.29 is 19.2 Å². The van der Waals surface area contributed by atoms with Crippen LogP contribution in [0.15, 0.2) is 0 Å². The Morgan fingerprint density at radius 2 is 1.17 bits per heavy atom. The molecule has 0 aromatic heterocycles. The molecule has 37 valence electrons. The summed E-state index contributed by atoms with van der Waals surface area (Å²) in [5.41, 5.74) is 0. The molecule has 0 aromatic carbocycles. The standard InChI is InChI=1S/H3O4P.Sb/c1-5(2,3)4;/h(H3,1,2,3,4);. The summed E-state index contributed by atoms with van der Waals surface area (Å²) in [5, 5.41) is 0. The molecule has 0 spiro atoms. The summed E-state index contributed by atoms with van der Waals surface area (Å²) in [6.07, 6.45) is 0. The van der Waals surface area contributed by atoms with E-state index in [-0.39, 0.29) is 24.4 Å². The second-order valence-electron chi connectivity index (χ2n) is 0.513. The minimum absolute atomic E-state index is 0. The Morgan fingerprint density at radius 1 is 1.17 bits per heavy atom. The molecule has 0 saturated carbocycles. The minimum Gasteiger partial charge on any atom is -0.303 e. The zero-order chi connectivity index (χ0) is 4.50. The molecule has 0 aliphatic heterocycles. The Hall–Kier alpha value is 0.928. The fourth-order valence-electron chi connectivity index (χ4n) is 0. The predicted octanol–water partition coefficient (Wildman–Crippen LogP) is -1.31. The smallest absolute Gasteiger partial charge is 0.303 e. The van der Waals surface area contributed by atoms with Gasteiger partial charge in [0.1, 0.15) is 0 Å². The van der Waals surface area contributed by atoms with Crippen molar-refractivity contribution in [1.29, 1.82) is 0 Å². The van der Waals surface area contributed by atoms with E-state index in [1.165, 1.54) is 0 Å². The van der Waals surface area contributed by atoms with Crippen LogP contribution in [0.4, 0.5) is 0 Å². The molecule has 0 atom stereocenters. The van der Waals surface area contributed by atoms with Crippen LogP contribution in [0.1, 0.15) is 0 Å². The first-order valence-electron chi connectivity index (χ1n) is 0.783. The normalized spacial score (nSPS) is 9.83. The fraction of sp³-hybridized carbons (Fsp3) is 0. The molecule has 0 fully saturated rings. The van der Waals surface area contributed by atoms with E-state index < -0.39 is 7.82 Å². The first-order chi connectivity index (χ1) is 2.00. The second-order valence-corrected chi connectivity index (χ2v) is 1.54. The zero-order valence-electron chi connectivity index (χ0n) is 2.64. The SMILES string of the molecule is O=P(O)(O)O.[Sb]. The van der Waals surface area contributed by atoms with Gasteiger partial charge >= 0.3 is 7.82 Å². The molecule has 6 heteroatoms. The van der Waals surface area contributed by atoms with Crippen molar-refractivity contribution in [2.45, 2.75) is 0 Å². The third-order valence-corrected chi connectivity index (χ3v) is 0. The van der Waals surface area contributed by atoms with Crippen LogP contribution in [-0.4, -0.2) is 39.1 Å². The van der Waals surface area contributed by atoms with Gasteiger partial charge < -0.3 is 14.7 Å². The van der Waals surface area contributed by atoms with Gasteiger partial charge in [-0.15, -0.1) is 0 Å². The summed E-state index contributed by atoms with van der Waals surface area (Å²) in [7, 11) is -4.64. The average Bonchev–Trinajstić information content (AvgIpc) is 0.722. The van der Waals surface area contributed by atoms with E-state index in [1.807, 2.05) is 0 Å². The molecule has 0 amide bonds. The van der Waals surface area contributed by atoms with Crippen LogP contribution in [-0.2, 0) is 4.57 Å². The zero-order valence-corrected chi connectivity index (χ0v) is 6.09. The van der Waals surface area contributed by atoms with Crippen LogP contribution in [0, 0.1) is 0 Å². The molecule has 3 N–H and O–H groups in total. The van der Waals surface area contributed by atoms with Crippen molar-refractivity contribution >= 4 is 32.3 Å². The van der Waals surface area contributed by atoms with Gasteiger partial charge in [0.05, 0.1) is 0 Å². The van der Waals surface area contributed by atoms with E-state index in [4.69, 9.17) is 19.2 Å². The third-order valence-electron chi connectivity index (χ3n) is 0. The number of phosphoric acid groups is 1. The van der Waals surface area contributed by atoms with Crippen LogP contribution in [0.5, 0.6) is 0 Å². The van der Waals surface area contributed by atoms with Crippen molar-refractivity contribution in [3.05, 3.63) is 0 Å². The summed E-state index contributed by atoms with van der Waals surface area (Å²) in [4.78, 5) is 21.6. The molecule has 0 aliphatic carbocycles. The summed E-state index contributed by atoms with van der Waals surface area (Å²) < 4.78 is 8.88. The quantitative estimate of drug-likeness (QED) is 0.349. The third kappa shape index (κ3) is 88.3. The monoisotopic (exact) mass is 219 g/mol. The minimum atomic E-state index is -4.64. The molecule has 0 saturated heterocycles. The first-order valence-corrected chi connectivity index (χ1v) is 2.35. The Morgan fingerprint density at radius 3 is 1.17 bits per heavy atom. The van der Waals surface area contributed by atoms with Crippen LogP contribution in [0.25, 0.3) is 0 Å². The van der Waals surface area contributed by atoms with Crippen LogP contribution in [0.3, 0.4) is 0 Å². The van der Waals surface area contributed by atoms with Gasteiger partial charge in [-0.3, -0.25) is 0 Å². The maximum Gasteiger partial charge on any atom is 0.466 e. The van der Waals surface area contributed by atoms with E-state index in [9.17, 15) is 0 Å². The number of hydrogen-bond acceptors (Lipinski definition) is 1. The maximum atomic E-state index is 8.88. The molecule has 0 heterocycles. The van der Waals surface area contributed by atoms with Crippen molar-refractivity contribution in [2.75, 3.05) is 0 Å². The number of rotatable bonds is 0. The Bertz CT molecular complexity index is 53.7. The Balaban J connectivity index is 0. The van der Waals surface area contributed by atoms with E-state index in [1.54, 1.807) is 0 Å². The van der Waals surface area contributed by atoms with Crippen molar-refractivity contribution in [2.24, 2.45) is 0 Å². The van der Waals surface area contributed by atoms with E-state index in [2.05, 4.69) is 0 Å². The van der Waals surface area contributed by atoms with Crippen LogP contribution < -0.4 is 0 Å². The van der Waals surface area contributed by atoms with Crippen molar-refractivity contribution in [1.82, 2.24) is 0 Å². The van der Waals surface area contributed by atoms with Crippen LogP contribution in [0.2, 0.25) is 0 Å². The molecule has 3 radical (unpaired) electrons. The van der Waals surface area contributed by atoms with Crippen molar-refractivity contribution in [3.63, 3.8) is 0 Å². The summed E-state index contributed by atoms with van der Waals surface area (Å²) >= 11 is 0. The molecule has 4 nitrogen and oxygen atoms in total. The van der Waals surface area contributed by atoms with Gasteiger partial charge in [-0.25, -0.2) is 4.57 Å². The maximum absolute atomic E-state index is 8.88. The van der Waals surface area contributed by atoms with Gasteiger partial charge in [-0.05, 0) is 0 Å². The molecule has 0 aromatic rings. The molecule has 0 bridgehead atoms. The second kappa shape index (κ2) is 3.00. The fourth-order valence-corrected chi connectivity index (χ4v) is 0. The van der Waals surface area contributed by atoms with Gasteiger partial charge in [-0.1, -0.05) is 0 Å². The molecule has 0 aliphatic rings. The van der Waals surface area contributed by atoms with E-state index in [0.717, 1.165) is 0 Å². The molecule has 0 unspecified atom stereocenters. The molecular weight excluding hydrogens is 217 g/mol. The Labute approximate surface area is 51.9 Å². The van der Waals surface area contributed by atoms with Gasteiger partial charge in [0.15, 0.2) is 0 Å². The molecule has 6 heavy (non-hydrogen) atoms. The first kappa shape index (κ1) is 10.0. The van der Waals surface area contributed by atoms with Gasteiger partial charge in [0.25, 0.3) is 0 Å². The summed E-state index contributed by atoms with van der Waals surface area (Å²) in [5.74, 6) is 0. The van der Waals surface area contributed by atoms with Crippen LogP contribution >= 0.6 is 7.82 Å². The molecule has 0 rings (SSSR count). The van der Waals surface area contributed by atoms with E-state index in [0.29, 0.717) is 0 Å². The molecular formula is H3O4PSb. The van der Waals surface area contributed by atoms with Gasteiger partial charge in [0.2, 0.25) is 0 Å². The number of hydrogen-bond donors (Lipinski definition) is 3. The topological polar surface area (TPSA) is 77.8 Å². The van der Waals surface area contributed by atoms with Gasteiger partial charge in [-0.2, -0.15) is 0 Å².